The van der Waals surface area contributed by atoms with E-state index in [1.54, 1.807) is 12.1 Å². The maximum Gasteiger partial charge on any atom is 0.451 e. The number of benzene rings is 1. The van der Waals surface area contributed by atoms with Gasteiger partial charge in [-0.25, -0.2) is 14.8 Å². The maximum atomic E-state index is 12.7. The number of aromatic nitrogens is 2. The minimum atomic E-state index is -4.74. The lowest BCUT2D eigenvalue weighted by molar-refractivity contribution is -0.145. The number of rotatable bonds is 5. The first kappa shape index (κ1) is 18.4. The number of aromatic carboxylic acids is 1. The Morgan fingerprint density at radius 1 is 1.20 bits per heavy atom. The number of carboxylic acid groups (broad SMARTS) is 1. The van der Waals surface area contributed by atoms with Gasteiger partial charge in [0.1, 0.15) is 5.69 Å². The molecule has 25 heavy (non-hydrogen) atoms. The first-order valence-corrected chi connectivity index (χ1v) is 7.20. The van der Waals surface area contributed by atoms with Gasteiger partial charge in [0.15, 0.2) is 0 Å². The molecule has 2 rings (SSSR count). The minimum Gasteiger partial charge on any atom is -0.478 e. The van der Waals surface area contributed by atoms with Gasteiger partial charge in [0.25, 0.3) is 5.91 Å². The highest BCUT2D eigenvalue weighted by molar-refractivity contribution is 5.92. The summed E-state index contributed by atoms with van der Waals surface area (Å²) in [7, 11) is 0. The molecule has 0 saturated heterocycles. The van der Waals surface area contributed by atoms with Crippen LogP contribution in [0.1, 0.15) is 37.9 Å². The van der Waals surface area contributed by atoms with Crippen molar-refractivity contribution in [2.24, 2.45) is 0 Å². The molecule has 0 aliphatic carbocycles. The lowest BCUT2D eigenvalue weighted by Gasteiger charge is -2.09. The van der Waals surface area contributed by atoms with Gasteiger partial charge in [0.2, 0.25) is 5.82 Å². The Bertz CT molecular complexity index is 807. The molecule has 6 nitrogen and oxygen atoms in total. The second-order valence-electron chi connectivity index (χ2n) is 5.23. The fourth-order valence-corrected chi connectivity index (χ4v) is 2.08. The van der Waals surface area contributed by atoms with E-state index in [2.05, 4.69) is 15.3 Å². The highest BCUT2D eigenvalue weighted by Crippen LogP contribution is 2.26. The van der Waals surface area contributed by atoms with E-state index in [4.69, 9.17) is 5.11 Å². The molecule has 0 aliphatic heterocycles. The standard InChI is InChI=1S/C16H14F3N3O3/c1-9-7-12(22-15(21-9)16(17,18)19)13(23)20-6-5-10-3-2-4-11(8-10)14(24)25/h2-4,7-8H,5-6H2,1H3,(H,20,23)(H,24,25). The fourth-order valence-electron chi connectivity index (χ4n) is 2.08. The molecule has 2 aromatic rings. The van der Waals surface area contributed by atoms with E-state index < -0.39 is 23.9 Å². The monoisotopic (exact) mass is 353 g/mol. The molecule has 0 spiro atoms. The number of nitrogens with zero attached hydrogens (tertiary/aromatic N) is 2. The first-order chi connectivity index (χ1) is 11.7. The summed E-state index contributed by atoms with van der Waals surface area (Å²) in [4.78, 5) is 29.4. The summed E-state index contributed by atoms with van der Waals surface area (Å²) >= 11 is 0. The van der Waals surface area contributed by atoms with Gasteiger partial charge in [0.05, 0.1) is 5.56 Å². The molecule has 1 aromatic heterocycles. The molecule has 0 aliphatic rings. The van der Waals surface area contributed by atoms with E-state index >= 15 is 0 Å². The van der Waals surface area contributed by atoms with Crippen molar-refractivity contribution in [3.63, 3.8) is 0 Å². The molecule has 0 radical (unpaired) electrons. The van der Waals surface area contributed by atoms with Crippen LogP contribution in [0.25, 0.3) is 0 Å². The summed E-state index contributed by atoms with van der Waals surface area (Å²) in [5, 5.41) is 11.4. The third kappa shape index (κ3) is 5.00. The Kier molecular flexibility index (Phi) is 5.35. The zero-order valence-electron chi connectivity index (χ0n) is 13.1. The van der Waals surface area contributed by atoms with Crippen LogP contribution in [-0.2, 0) is 12.6 Å². The first-order valence-electron chi connectivity index (χ1n) is 7.20. The number of hydrogen-bond acceptors (Lipinski definition) is 4. The Balaban J connectivity index is 2.02. The minimum absolute atomic E-state index is 0.0293. The lowest BCUT2D eigenvalue weighted by Crippen LogP contribution is -2.28. The molecule has 2 N–H and O–H groups in total. The molecule has 0 fully saturated rings. The van der Waals surface area contributed by atoms with E-state index in [9.17, 15) is 22.8 Å². The number of halogens is 3. The molecular weight excluding hydrogens is 339 g/mol. The zero-order chi connectivity index (χ0) is 18.6. The summed E-state index contributed by atoms with van der Waals surface area (Å²) in [6.07, 6.45) is -4.42. The summed E-state index contributed by atoms with van der Waals surface area (Å²) in [6, 6.07) is 7.33. The summed E-state index contributed by atoms with van der Waals surface area (Å²) in [5.41, 5.74) is 0.445. The van der Waals surface area contributed by atoms with E-state index in [1.165, 1.54) is 19.1 Å². The van der Waals surface area contributed by atoms with E-state index in [0.29, 0.717) is 12.0 Å². The molecule has 0 saturated carbocycles. The Hall–Kier alpha value is -2.97. The molecule has 1 heterocycles. The summed E-state index contributed by atoms with van der Waals surface area (Å²) < 4.78 is 38.0. The molecule has 0 unspecified atom stereocenters. The lowest BCUT2D eigenvalue weighted by atomic mass is 10.1. The highest BCUT2D eigenvalue weighted by atomic mass is 19.4. The number of alkyl halides is 3. The van der Waals surface area contributed by atoms with Crippen molar-refractivity contribution in [2.45, 2.75) is 19.5 Å². The van der Waals surface area contributed by atoms with Gasteiger partial charge in [-0.3, -0.25) is 4.79 Å². The third-order valence-electron chi connectivity index (χ3n) is 3.21. The predicted octanol–water partition coefficient (Wildman–Crippen LogP) is 2.47. The van der Waals surface area contributed by atoms with Crippen LogP contribution in [0.4, 0.5) is 13.2 Å². The van der Waals surface area contributed by atoms with Crippen LogP contribution in [-0.4, -0.2) is 33.5 Å². The quantitative estimate of drug-likeness (QED) is 0.862. The van der Waals surface area contributed by atoms with Gasteiger partial charge in [-0.1, -0.05) is 12.1 Å². The smallest absolute Gasteiger partial charge is 0.451 e. The van der Waals surface area contributed by atoms with Crippen molar-refractivity contribution in [1.82, 2.24) is 15.3 Å². The van der Waals surface area contributed by atoms with Crippen molar-refractivity contribution in [3.8, 4) is 0 Å². The maximum absolute atomic E-state index is 12.7. The molecule has 132 valence electrons. The van der Waals surface area contributed by atoms with Gasteiger partial charge in [-0.2, -0.15) is 13.2 Å². The zero-order valence-corrected chi connectivity index (χ0v) is 13.1. The number of carbonyl (C=O) groups is 2. The van der Waals surface area contributed by atoms with E-state index in [1.807, 2.05) is 0 Å². The second kappa shape index (κ2) is 7.29. The Morgan fingerprint density at radius 2 is 1.92 bits per heavy atom. The predicted molar refractivity (Wildman–Crippen MR) is 81.2 cm³/mol. The van der Waals surface area contributed by atoms with Gasteiger partial charge in [-0.05, 0) is 37.1 Å². The molecule has 0 atom stereocenters. The molecule has 1 aromatic carbocycles. The number of carbonyl (C=O) groups excluding carboxylic acids is 1. The van der Waals surface area contributed by atoms with Crippen molar-refractivity contribution in [2.75, 3.05) is 6.54 Å². The fraction of sp³-hybridized carbons (Fsp3) is 0.250. The molecule has 1 amide bonds. The summed E-state index contributed by atoms with van der Waals surface area (Å²) in [5.74, 6) is -3.20. The largest absolute Gasteiger partial charge is 0.478 e. The van der Waals surface area contributed by atoms with E-state index in [0.717, 1.165) is 6.07 Å². The average molecular weight is 353 g/mol. The van der Waals surface area contributed by atoms with Crippen molar-refractivity contribution >= 4 is 11.9 Å². The number of hydrogen-bond donors (Lipinski definition) is 2. The topological polar surface area (TPSA) is 92.2 Å². The van der Waals surface area contributed by atoms with E-state index in [-0.39, 0.29) is 23.5 Å². The van der Waals surface area contributed by atoms with Crippen LogP contribution in [0, 0.1) is 6.92 Å². The highest BCUT2D eigenvalue weighted by Gasteiger charge is 2.35. The van der Waals surface area contributed by atoms with Crippen LogP contribution in [0.5, 0.6) is 0 Å². The number of aryl methyl sites for hydroxylation is 1. The molecule has 9 heteroatoms. The summed E-state index contributed by atoms with van der Waals surface area (Å²) in [6.45, 7) is 1.46. The normalized spacial score (nSPS) is 11.2. The molecular formula is C16H14F3N3O3. The van der Waals surface area contributed by atoms with Crippen LogP contribution in [0.15, 0.2) is 30.3 Å². The second-order valence-corrected chi connectivity index (χ2v) is 5.23. The number of nitrogens with one attached hydrogen (secondary N) is 1. The molecule has 0 bridgehead atoms. The van der Waals surface area contributed by atoms with Gasteiger partial charge >= 0.3 is 12.1 Å². The van der Waals surface area contributed by atoms with Gasteiger partial charge < -0.3 is 10.4 Å². The van der Waals surface area contributed by atoms with Crippen LogP contribution in [0.2, 0.25) is 0 Å². The van der Waals surface area contributed by atoms with Crippen LogP contribution >= 0.6 is 0 Å². The van der Waals surface area contributed by atoms with Crippen LogP contribution in [0.3, 0.4) is 0 Å². The Morgan fingerprint density at radius 3 is 2.56 bits per heavy atom. The van der Waals surface area contributed by atoms with Gasteiger partial charge in [-0.15, -0.1) is 0 Å². The van der Waals surface area contributed by atoms with Crippen molar-refractivity contribution in [1.29, 1.82) is 0 Å². The Labute approximate surface area is 140 Å². The number of carboxylic acids is 1. The average Bonchev–Trinajstić information content (AvgIpc) is 2.53. The third-order valence-corrected chi connectivity index (χ3v) is 3.21. The van der Waals surface area contributed by atoms with Gasteiger partial charge in [0, 0.05) is 12.2 Å². The number of amides is 1. The van der Waals surface area contributed by atoms with Crippen LogP contribution < -0.4 is 5.32 Å². The van der Waals surface area contributed by atoms with Crippen molar-refractivity contribution < 1.29 is 27.9 Å². The SMILES string of the molecule is Cc1cc(C(=O)NCCc2cccc(C(=O)O)c2)nc(C(F)(F)F)n1. The van der Waals surface area contributed by atoms with Crippen molar-refractivity contribution in [3.05, 3.63) is 58.7 Å².